The Morgan fingerprint density at radius 3 is 2.18 bits per heavy atom. The van der Waals surface area contributed by atoms with Gasteiger partial charge in [-0.3, -0.25) is 4.79 Å². The van der Waals surface area contributed by atoms with Gasteiger partial charge in [-0.15, -0.1) is 0 Å². The Balaban J connectivity index is 2.29. The normalized spacial score (nSPS) is 12.2. The van der Waals surface area contributed by atoms with Gasteiger partial charge in [0.2, 0.25) is 0 Å². The molecule has 0 saturated heterocycles. The summed E-state index contributed by atoms with van der Waals surface area (Å²) in [5.74, 6) is -1.00. The van der Waals surface area contributed by atoms with Crippen LogP contribution < -0.4 is 5.32 Å². The van der Waals surface area contributed by atoms with Crippen molar-refractivity contribution in [3.05, 3.63) is 81.9 Å². The molecule has 1 N–H and O–H groups in total. The molecule has 10 nitrogen and oxygen atoms in total. The molecule has 0 unspecified atom stereocenters. The lowest BCUT2D eigenvalue weighted by Gasteiger charge is -2.24. The Kier molecular flexibility index (Phi) is 10.8. The number of nitrogens with zero attached hydrogens (tertiary/aromatic N) is 2. The first-order valence-corrected chi connectivity index (χ1v) is 11.8. The predicted octanol–water partition coefficient (Wildman–Crippen LogP) is 2.84. The minimum absolute atomic E-state index is 0.161. The van der Waals surface area contributed by atoms with E-state index in [1.54, 1.807) is 60.7 Å². The van der Waals surface area contributed by atoms with E-state index in [0.29, 0.717) is 16.9 Å². The average molecular weight is 490 g/mol. The van der Waals surface area contributed by atoms with Gasteiger partial charge in [0.25, 0.3) is 5.91 Å². The summed E-state index contributed by atoms with van der Waals surface area (Å²) in [7, 11) is 1.19. The molecule has 34 heavy (non-hydrogen) atoms. The molecule has 0 bridgehead atoms. The number of hydrogen-bond donors (Lipinski definition) is 1. The minimum Gasteiger partial charge on any atom is -0.467 e. The van der Waals surface area contributed by atoms with E-state index in [2.05, 4.69) is 5.32 Å². The average Bonchev–Trinajstić information content (AvgIpc) is 2.85. The fraction of sp³-hybridized carbons (Fsp3) is 0.348. The molecule has 0 fully saturated rings. The number of amides is 2. The molecule has 0 aliphatic rings. The van der Waals surface area contributed by atoms with E-state index in [4.69, 9.17) is 9.47 Å². The Hall–Kier alpha value is -3.60. The first-order chi connectivity index (χ1) is 16.4. The highest BCUT2D eigenvalue weighted by atomic mass is 32.2. The molecule has 0 radical (unpaired) electrons. The molecule has 0 aromatic heterocycles. The van der Waals surface area contributed by atoms with Crippen molar-refractivity contribution in [1.29, 1.82) is 0 Å². The van der Waals surface area contributed by atoms with Gasteiger partial charge in [0.05, 0.1) is 7.11 Å². The van der Waals surface area contributed by atoms with E-state index < -0.39 is 35.1 Å². The van der Waals surface area contributed by atoms with Crippen LogP contribution in [-0.4, -0.2) is 59.2 Å². The second-order valence-electron chi connectivity index (χ2n) is 7.19. The maximum absolute atomic E-state index is 13.2. The first-order valence-electron chi connectivity index (χ1n) is 10.4. The number of thioether (sulfide) groups is 1. The Morgan fingerprint density at radius 1 is 1.06 bits per heavy atom. The van der Waals surface area contributed by atoms with Crippen LogP contribution in [-0.2, 0) is 32.1 Å². The maximum Gasteiger partial charge on any atom is 0.469 e. The molecule has 182 valence electrons. The number of carbonyl (C=O) groups excluding carboxylic acids is 3. The largest absolute Gasteiger partial charge is 0.469 e. The van der Waals surface area contributed by atoms with E-state index in [1.807, 2.05) is 6.26 Å². The highest BCUT2D eigenvalue weighted by Crippen LogP contribution is 2.14. The lowest BCUT2D eigenvalue weighted by atomic mass is 10.0. The van der Waals surface area contributed by atoms with Crippen molar-refractivity contribution >= 4 is 29.7 Å². The van der Waals surface area contributed by atoms with E-state index in [-0.39, 0.29) is 24.5 Å². The molecule has 0 aliphatic heterocycles. The number of hydrazine groups is 1. The molecule has 2 aromatic carbocycles. The van der Waals surface area contributed by atoms with Gasteiger partial charge in [-0.2, -0.15) is 11.8 Å². The molecule has 0 aliphatic carbocycles. The van der Waals surface area contributed by atoms with Crippen LogP contribution in [0.3, 0.4) is 0 Å². The summed E-state index contributed by atoms with van der Waals surface area (Å²) in [6.45, 7) is -0.206. The van der Waals surface area contributed by atoms with Gasteiger partial charge in [0, 0.05) is 6.42 Å². The number of nitrogens with one attached hydrogen (secondary N) is 1. The molecule has 2 rings (SSSR count). The van der Waals surface area contributed by atoms with Crippen molar-refractivity contribution in [2.24, 2.45) is 0 Å². The van der Waals surface area contributed by atoms with Crippen LogP contribution in [0.4, 0.5) is 4.79 Å². The third-order valence-electron chi connectivity index (χ3n) is 4.85. The number of ether oxygens (including phenoxy) is 2. The number of hydrogen-bond acceptors (Lipinski definition) is 8. The summed E-state index contributed by atoms with van der Waals surface area (Å²) < 4.78 is 9.88. The van der Waals surface area contributed by atoms with E-state index in [0.717, 1.165) is 0 Å². The number of benzene rings is 2. The molecule has 0 saturated carbocycles. The van der Waals surface area contributed by atoms with Crippen LogP contribution in [0.15, 0.2) is 60.7 Å². The summed E-state index contributed by atoms with van der Waals surface area (Å²) in [5.41, 5.74) is 1.22. The molecule has 11 heteroatoms. The monoisotopic (exact) mass is 489 g/mol. The number of carbonyl (C=O) groups is 3. The lowest BCUT2D eigenvalue weighted by Crippen LogP contribution is -2.56. The van der Waals surface area contributed by atoms with E-state index >= 15 is 0 Å². The zero-order chi connectivity index (χ0) is 24.9. The highest BCUT2D eigenvalue weighted by Gasteiger charge is 2.41. The summed E-state index contributed by atoms with van der Waals surface area (Å²) >= 11 is 1.46. The van der Waals surface area contributed by atoms with Gasteiger partial charge >= 0.3 is 12.1 Å². The topological polar surface area (TPSA) is 128 Å². The lowest BCUT2D eigenvalue weighted by molar-refractivity contribution is -0.640. The van der Waals surface area contributed by atoms with E-state index in [9.17, 15) is 24.5 Å². The zero-order valence-electron chi connectivity index (χ0n) is 18.9. The number of methoxy groups -OCH3 is 1. The fourth-order valence-corrected chi connectivity index (χ4v) is 3.59. The maximum atomic E-state index is 13.2. The molecule has 0 spiro atoms. The van der Waals surface area contributed by atoms with Crippen molar-refractivity contribution in [2.75, 3.05) is 19.1 Å². The van der Waals surface area contributed by atoms with Gasteiger partial charge in [0.15, 0.2) is 11.1 Å². The molecule has 2 atom stereocenters. The smallest absolute Gasteiger partial charge is 0.467 e. The zero-order valence-corrected chi connectivity index (χ0v) is 19.7. The van der Waals surface area contributed by atoms with Crippen LogP contribution in [0.1, 0.15) is 17.5 Å². The van der Waals surface area contributed by atoms with Gasteiger partial charge in [-0.1, -0.05) is 60.7 Å². The van der Waals surface area contributed by atoms with Crippen LogP contribution in [0, 0.1) is 10.1 Å². The minimum atomic E-state index is -1.57. The van der Waals surface area contributed by atoms with Crippen molar-refractivity contribution in [3.63, 3.8) is 0 Å². The third kappa shape index (κ3) is 8.07. The number of nitro groups is 1. The molecular weight excluding hydrogens is 462 g/mol. The quantitative estimate of drug-likeness (QED) is 0.274. The molecule has 2 aromatic rings. The highest BCUT2D eigenvalue weighted by molar-refractivity contribution is 7.98. The third-order valence-corrected chi connectivity index (χ3v) is 5.49. The first kappa shape index (κ1) is 26.7. The van der Waals surface area contributed by atoms with E-state index in [1.165, 1.54) is 18.9 Å². The Labute approximate surface area is 201 Å². The standard InChI is InChI=1S/C23H27N3O7S/c1-32-22(28)19(13-14-34-2)24-21(27)20(15-17-9-5-3-6-10-17)25(26(30)31)23(29)33-16-18-11-7-4-8-12-18/h3-12,19-20H,13-16H2,1-2H3,(H,24,27)/t19-,20-/m1/s1. The van der Waals surface area contributed by atoms with Gasteiger partial charge in [-0.05, 0) is 34.6 Å². The van der Waals surface area contributed by atoms with Crippen LogP contribution in [0.5, 0.6) is 0 Å². The van der Waals surface area contributed by atoms with Crippen LogP contribution >= 0.6 is 11.8 Å². The molecule has 0 heterocycles. The summed E-state index contributed by atoms with van der Waals surface area (Å²) in [5, 5.41) is 13.6. The van der Waals surface area contributed by atoms with Crippen molar-refractivity contribution in [1.82, 2.24) is 10.3 Å². The SMILES string of the molecule is COC(=O)[C@@H](CCSC)NC(=O)[C@@H](Cc1ccccc1)N(C(=O)OCc1ccccc1)[N+](=O)[O-]. The summed E-state index contributed by atoms with van der Waals surface area (Å²) in [4.78, 5) is 50.0. The predicted molar refractivity (Wildman–Crippen MR) is 126 cm³/mol. The van der Waals surface area contributed by atoms with Gasteiger partial charge in [0.1, 0.15) is 12.6 Å². The second-order valence-corrected chi connectivity index (χ2v) is 8.18. The molecule has 2 amide bonds. The number of rotatable bonds is 12. The van der Waals surface area contributed by atoms with Gasteiger partial charge in [-0.25, -0.2) is 19.7 Å². The second kappa shape index (κ2) is 13.8. The van der Waals surface area contributed by atoms with Gasteiger partial charge < -0.3 is 14.8 Å². The Morgan fingerprint density at radius 2 is 1.65 bits per heavy atom. The van der Waals surface area contributed by atoms with Crippen LogP contribution in [0.2, 0.25) is 0 Å². The van der Waals surface area contributed by atoms with Crippen molar-refractivity contribution in [3.8, 4) is 0 Å². The fourth-order valence-electron chi connectivity index (χ4n) is 3.12. The number of esters is 1. The van der Waals surface area contributed by atoms with Crippen molar-refractivity contribution in [2.45, 2.75) is 31.5 Å². The van der Waals surface area contributed by atoms with Crippen LogP contribution in [0.25, 0.3) is 0 Å². The summed E-state index contributed by atoms with van der Waals surface area (Å²) in [6.07, 6.45) is 0.647. The Bertz CT molecular complexity index is 960. The van der Waals surface area contributed by atoms with Crippen molar-refractivity contribution < 1.29 is 28.9 Å². The molecular formula is C23H27N3O7S. The summed E-state index contributed by atoms with van der Waals surface area (Å²) in [6, 6.07) is 14.6.